The number of nitrogens with one attached hydrogen (secondary N) is 3. The Kier molecular flexibility index (Phi) is 8.51. The fourth-order valence-corrected chi connectivity index (χ4v) is 2.03. The van der Waals surface area contributed by atoms with E-state index in [9.17, 15) is 14.4 Å². The van der Waals surface area contributed by atoms with Gasteiger partial charge in [-0.05, 0) is 52.3 Å². The Morgan fingerprint density at radius 1 is 1.04 bits per heavy atom. The molecule has 1 aromatic rings. The van der Waals surface area contributed by atoms with Crippen LogP contribution in [0.4, 0.5) is 10.5 Å². The van der Waals surface area contributed by atoms with Crippen LogP contribution in [0.3, 0.4) is 0 Å². The predicted octanol–water partition coefficient (Wildman–Crippen LogP) is 3.12. The summed E-state index contributed by atoms with van der Waals surface area (Å²) in [6.45, 7) is 9.61. The van der Waals surface area contributed by atoms with Gasteiger partial charge in [-0.15, -0.1) is 0 Å². The molecule has 3 N–H and O–H groups in total. The van der Waals surface area contributed by atoms with Crippen LogP contribution in [0, 0.1) is 0 Å². The number of anilines is 1. The summed E-state index contributed by atoms with van der Waals surface area (Å²) < 4.78 is 5.09. The zero-order valence-corrected chi connectivity index (χ0v) is 16.6. The molecule has 148 valence electrons. The van der Waals surface area contributed by atoms with Crippen molar-refractivity contribution in [2.45, 2.75) is 53.2 Å². The van der Waals surface area contributed by atoms with Gasteiger partial charge in [-0.25, -0.2) is 4.79 Å². The van der Waals surface area contributed by atoms with E-state index in [0.717, 1.165) is 11.1 Å². The summed E-state index contributed by atoms with van der Waals surface area (Å²) in [5.41, 5.74) is 1.95. The van der Waals surface area contributed by atoms with Crippen molar-refractivity contribution in [1.29, 1.82) is 0 Å². The van der Waals surface area contributed by atoms with Crippen molar-refractivity contribution in [2.24, 2.45) is 0 Å². The second-order valence-electron chi connectivity index (χ2n) is 7.36. The minimum absolute atomic E-state index is 0.163. The number of allylic oxidation sites excluding steroid dienone is 1. The number of carbonyl (C=O) groups excluding carboxylic acids is 3. The summed E-state index contributed by atoms with van der Waals surface area (Å²) in [6.07, 6.45) is 1.15. The molecule has 1 rings (SSSR count). The van der Waals surface area contributed by atoms with Crippen molar-refractivity contribution in [2.75, 3.05) is 11.9 Å². The van der Waals surface area contributed by atoms with Crippen LogP contribution in [0.25, 0.3) is 0 Å². The lowest BCUT2D eigenvalue weighted by Crippen LogP contribution is -2.35. The molecule has 0 radical (unpaired) electrons. The molecule has 27 heavy (non-hydrogen) atoms. The molecule has 0 aliphatic carbocycles. The Morgan fingerprint density at radius 2 is 1.67 bits per heavy atom. The third kappa shape index (κ3) is 10.7. The number of ether oxygens (including phenoxy) is 1. The molecule has 0 atom stereocenters. The normalized spacial score (nSPS) is 10.6. The lowest BCUT2D eigenvalue weighted by atomic mass is 10.2. The van der Waals surface area contributed by atoms with Gasteiger partial charge in [-0.3, -0.25) is 9.59 Å². The maximum Gasteiger partial charge on any atom is 0.407 e. The van der Waals surface area contributed by atoms with Gasteiger partial charge in [0.15, 0.2) is 0 Å². The molecule has 0 spiro atoms. The summed E-state index contributed by atoms with van der Waals surface area (Å²) >= 11 is 0. The first-order valence-electron chi connectivity index (χ1n) is 8.83. The summed E-state index contributed by atoms with van der Waals surface area (Å²) in [5, 5.41) is 8.08. The highest BCUT2D eigenvalue weighted by Crippen LogP contribution is 2.10. The van der Waals surface area contributed by atoms with E-state index in [0.29, 0.717) is 12.2 Å². The van der Waals surface area contributed by atoms with Crippen molar-refractivity contribution in [3.05, 3.63) is 41.5 Å². The van der Waals surface area contributed by atoms with E-state index in [4.69, 9.17) is 4.74 Å². The number of carbonyl (C=O) groups is 3. The molecule has 0 saturated heterocycles. The standard InChI is InChI=1S/C20H29N3O4/c1-14(2)12-18(25)23-16-8-6-15(7-9-16)13-22-17(24)10-11-21-19(26)27-20(3,4)5/h6-9,12H,10-11,13H2,1-5H3,(H,21,26)(H,22,24)(H,23,25). The third-order valence-electron chi connectivity index (χ3n) is 3.15. The van der Waals surface area contributed by atoms with Gasteiger partial charge in [0, 0.05) is 31.3 Å². The van der Waals surface area contributed by atoms with E-state index in [-0.39, 0.29) is 24.8 Å². The topological polar surface area (TPSA) is 96.5 Å². The lowest BCUT2D eigenvalue weighted by molar-refractivity contribution is -0.121. The highest BCUT2D eigenvalue weighted by molar-refractivity contribution is 5.99. The second-order valence-corrected chi connectivity index (χ2v) is 7.36. The van der Waals surface area contributed by atoms with Gasteiger partial charge in [0.2, 0.25) is 11.8 Å². The van der Waals surface area contributed by atoms with Gasteiger partial charge in [-0.2, -0.15) is 0 Å². The minimum atomic E-state index is -0.566. The Hall–Kier alpha value is -2.83. The Labute approximate surface area is 160 Å². The number of rotatable bonds is 7. The first kappa shape index (κ1) is 22.2. The van der Waals surface area contributed by atoms with E-state index in [1.54, 1.807) is 32.9 Å². The maximum absolute atomic E-state index is 11.8. The van der Waals surface area contributed by atoms with E-state index in [1.165, 1.54) is 6.08 Å². The second kappa shape index (κ2) is 10.4. The molecule has 1 aromatic carbocycles. The summed E-state index contributed by atoms with van der Waals surface area (Å²) in [7, 11) is 0. The molecular weight excluding hydrogens is 346 g/mol. The molecule has 0 saturated carbocycles. The van der Waals surface area contributed by atoms with E-state index in [1.807, 2.05) is 26.0 Å². The molecule has 7 heteroatoms. The first-order valence-corrected chi connectivity index (χ1v) is 8.83. The van der Waals surface area contributed by atoms with Crippen LogP contribution in [0.1, 0.15) is 46.6 Å². The third-order valence-corrected chi connectivity index (χ3v) is 3.15. The molecule has 0 aromatic heterocycles. The average Bonchev–Trinajstić information content (AvgIpc) is 2.51. The van der Waals surface area contributed by atoms with Crippen molar-refractivity contribution in [3.8, 4) is 0 Å². The monoisotopic (exact) mass is 375 g/mol. The molecule has 0 bridgehead atoms. The smallest absolute Gasteiger partial charge is 0.407 e. The van der Waals surface area contributed by atoms with Crippen molar-refractivity contribution in [1.82, 2.24) is 10.6 Å². The molecule has 7 nitrogen and oxygen atoms in total. The van der Waals surface area contributed by atoms with Gasteiger partial charge in [0.05, 0.1) is 0 Å². The Balaban J connectivity index is 2.32. The minimum Gasteiger partial charge on any atom is -0.444 e. The maximum atomic E-state index is 11.8. The quantitative estimate of drug-likeness (QED) is 0.638. The van der Waals surface area contributed by atoms with Crippen LogP contribution in [0.15, 0.2) is 35.9 Å². The zero-order valence-electron chi connectivity index (χ0n) is 16.6. The molecule has 0 aliphatic heterocycles. The Morgan fingerprint density at radius 3 is 2.22 bits per heavy atom. The van der Waals surface area contributed by atoms with E-state index in [2.05, 4.69) is 16.0 Å². The van der Waals surface area contributed by atoms with Crippen LogP contribution in [-0.2, 0) is 20.9 Å². The van der Waals surface area contributed by atoms with Gasteiger partial charge < -0.3 is 20.7 Å². The van der Waals surface area contributed by atoms with Gasteiger partial charge >= 0.3 is 6.09 Å². The SMILES string of the molecule is CC(C)=CC(=O)Nc1ccc(CNC(=O)CCNC(=O)OC(C)(C)C)cc1. The summed E-state index contributed by atoms with van der Waals surface area (Å²) in [4.78, 5) is 35.0. The molecule has 3 amide bonds. The van der Waals surface area contributed by atoms with Crippen LogP contribution in [0.2, 0.25) is 0 Å². The lowest BCUT2D eigenvalue weighted by Gasteiger charge is -2.19. The van der Waals surface area contributed by atoms with Gasteiger partial charge in [0.1, 0.15) is 5.60 Å². The highest BCUT2D eigenvalue weighted by atomic mass is 16.6. The van der Waals surface area contributed by atoms with Crippen LogP contribution in [-0.4, -0.2) is 30.1 Å². The summed E-state index contributed by atoms with van der Waals surface area (Å²) in [5.74, 6) is -0.347. The molecule has 0 fully saturated rings. The van der Waals surface area contributed by atoms with Crippen molar-refractivity contribution >= 4 is 23.6 Å². The Bertz CT molecular complexity index is 684. The van der Waals surface area contributed by atoms with Gasteiger partial charge in [-0.1, -0.05) is 17.7 Å². The summed E-state index contributed by atoms with van der Waals surface area (Å²) in [6, 6.07) is 7.22. The first-order chi connectivity index (χ1) is 12.5. The predicted molar refractivity (Wildman–Crippen MR) is 105 cm³/mol. The number of hydrogen-bond acceptors (Lipinski definition) is 4. The number of hydrogen-bond donors (Lipinski definition) is 3. The van der Waals surface area contributed by atoms with Crippen molar-refractivity contribution < 1.29 is 19.1 Å². The van der Waals surface area contributed by atoms with E-state index >= 15 is 0 Å². The zero-order chi connectivity index (χ0) is 20.4. The van der Waals surface area contributed by atoms with E-state index < -0.39 is 11.7 Å². The fourth-order valence-electron chi connectivity index (χ4n) is 2.03. The number of amides is 3. The fraction of sp³-hybridized carbons (Fsp3) is 0.450. The van der Waals surface area contributed by atoms with Crippen LogP contribution in [0.5, 0.6) is 0 Å². The molecule has 0 aliphatic rings. The van der Waals surface area contributed by atoms with Crippen molar-refractivity contribution in [3.63, 3.8) is 0 Å². The average molecular weight is 375 g/mol. The van der Waals surface area contributed by atoms with Crippen LogP contribution >= 0.6 is 0 Å². The van der Waals surface area contributed by atoms with Crippen LogP contribution < -0.4 is 16.0 Å². The molecule has 0 unspecified atom stereocenters. The largest absolute Gasteiger partial charge is 0.444 e. The molecular formula is C20H29N3O4. The van der Waals surface area contributed by atoms with Gasteiger partial charge in [0.25, 0.3) is 0 Å². The molecule has 0 heterocycles. The highest BCUT2D eigenvalue weighted by Gasteiger charge is 2.15. The number of alkyl carbamates (subject to hydrolysis) is 1. The number of benzene rings is 1.